The van der Waals surface area contributed by atoms with Crippen LogP contribution in [0.3, 0.4) is 0 Å². The Balaban J connectivity index is 2.18. The molecule has 1 N–H and O–H groups in total. The second-order valence-electron chi connectivity index (χ2n) is 3.76. The van der Waals surface area contributed by atoms with Crippen molar-refractivity contribution >= 4 is 45.7 Å². The molecule has 2 aromatic rings. The number of aryl methyl sites for hydroxylation is 2. The molecular weight excluding hydrogens is 347 g/mol. The Morgan fingerprint density at radius 2 is 2.12 bits per heavy atom. The van der Waals surface area contributed by atoms with E-state index in [0.717, 1.165) is 14.1 Å². The standard InChI is InChI=1S/C12H11IN2OS/c1-7-3-8(2)14-11(4-7)15-12(16)9-5-10(13)17-6-9/h3-6H,1-2H3,(H,14,15,16). The van der Waals surface area contributed by atoms with E-state index in [1.54, 1.807) is 11.3 Å². The van der Waals surface area contributed by atoms with Crippen LogP contribution in [0.2, 0.25) is 0 Å². The van der Waals surface area contributed by atoms with E-state index in [1.807, 2.05) is 37.4 Å². The molecule has 2 rings (SSSR count). The van der Waals surface area contributed by atoms with Crippen molar-refractivity contribution in [2.24, 2.45) is 0 Å². The molecule has 0 fully saturated rings. The minimum atomic E-state index is -0.110. The Labute approximate surface area is 117 Å². The van der Waals surface area contributed by atoms with Gasteiger partial charge in [0.2, 0.25) is 0 Å². The topological polar surface area (TPSA) is 42.0 Å². The molecule has 3 nitrogen and oxygen atoms in total. The van der Waals surface area contributed by atoms with Gasteiger partial charge in [0.25, 0.3) is 5.91 Å². The summed E-state index contributed by atoms with van der Waals surface area (Å²) in [5.74, 6) is 0.496. The van der Waals surface area contributed by atoms with Gasteiger partial charge in [-0.3, -0.25) is 4.79 Å². The fourth-order valence-corrected chi connectivity index (χ4v) is 2.85. The van der Waals surface area contributed by atoms with Crippen molar-refractivity contribution < 1.29 is 4.79 Å². The fourth-order valence-electron chi connectivity index (χ4n) is 1.52. The molecule has 2 heterocycles. The third-order valence-electron chi connectivity index (χ3n) is 2.17. The summed E-state index contributed by atoms with van der Waals surface area (Å²) in [4.78, 5) is 16.2. The number of rotatable bonds is 2. The smallest absolute Gasteiger partial charge is 0.257 e. The molecule has 0 unspecified atom stereocenters. The second kappa shape index (κ2) is 5.14. The molecule has 0 atom stereocenters. The Morgan fingerprint density at radius 3 is 2.71 bits per heavy atom. The number of hydrogen-bond donors (Lipinski definition) is 1. The lowest BCUT2D eigenvalue weighted by molar-refractivity contribution is 0.102. The number of hydrogen-bond acceptors (Lipinski definition) is 3. The Hall–Kier alpha value is -0.950. The highest BCUT2D eigenvalue weighted by Gasteiger charge is 2.09. The van der Waals surface area contributed by atoms with Gasteiger partial charge in [0.05, 0.1) is 8.45 Å². The molecule has 0 bridgehead atoms. The van der Waals surface area contributed by atoms with E-state index in [9.17, 15) is 4.79 Å². The van der Waals surface area contributed by atoms with Gasteiger partial charge in [-0.2, -0.15) is 0 Å². The lowest BCUT2D eigenvalue weighted by Crippen LogP contribution is -2.12. The maximum absolute atomic E-state index is 11.9. The summed E-state index contributed by atoms with van der Waals surface area (Å²) in [5.41, 5.74) is 2.67. The van der Waals surface area contributed by atoms with Crippen LogP contribution in [0, 0.1) is 16.7 Å². The van der Waals surface area contributed by atoms with Gasteiger partial charge >= 0.3 is 0 Å². The maximum Gasteiger partial charge on any atom is 0.257 e. The lowest BCUT2D eigenvalue weighted by Gasteiger charge is -2.05. The minimum Gasteiger partial charge on any atom is -0.307 e. The van der Waals surface area contributed by atoms with Crippen molar-refractivity contribution in [1.29, 1.82) is 0 Å². The number of amides is 1. The zero-order chi connectivity index (χ0) is 12.4. The van der Waals surface area contributed by atoms with Gasteiger partial charge in [0.1, 0.15) is 5.82 Å². The molecule has 0 aliphatic heterocycles. The first-order valence-electron chi connectivity index (χ1n) is 5.05. The van der Waals surface area contributed by atoms with Crippen molar-refractivity contribution in [1.82, 2.24) is 4.98 Å². The number of carbonyl (C=O) groups excluding carboxylic acids is 1. The van der Waals surface area contributed by atoms with Gasteiger partial charge in [-0.05, 0) is 60.2 Å². The highest BCUT2D eigenvalue weighted by atomic mass is 127. The molecule has 0 aliphatic rings. The third-order valence-corrected chi connectivity index (χ3v) is 3.96. The van der Waals surface area contributed by atoms with Gasteiger partial charge in [-0.25, -0.2) is 4.98 Å². The Morgan fingerprint density at radius 1 is 1.35 bits per heavy atom. The van der Waals surface area contributed by atoms with E-state index >= 15 is 0 Å². The summed E-state index contributed by atoms with van der Waals surface area (Å²) in [5, 5.41) is 4.65. The summed E-state index contributed by atoms with van der Waals surface area (Å²) in [6.07, 6.45) is 0. The normalized spacial score (nSPS) is 10.3. The molecule has 0 spiro atoms. The number of thiophene rings is 1. The molecule has 0 aromatic carbocycles. The quantitative estimate of drug-likeness (QED) is 0.834. The van der Waals surface area contributed by atoms with Gasteiger partial charge < -0.3 is 5.32 Å². The van der Waals surface area contributed by atoms with Crippen LogP contribution >= 0.6 is 33.9 Å². The molecule has 0 radical (unpaired) electrons. The van der Waals surface area contributed by atoms with Crippen molar-refractivity contribution in [3.63, 3.8) is 0 Å². The van der Waals surface area contributed by atoms with Gasteiger partial charge in [0, 0.05) is 11.1 Å². The zero-order valence-electron chi connectivity index (χ0n) is 9.45. The number of aromatic nitrogens is 1. The fraction of sp³-hybridized carbons (Fsp3) is 0.167. The summed E-state index contributed by atoms with van der Waals surface area (Å²) in [6.45, 7) is 3.90. The molecule has 17 heavy (non-hydrogen) atoms. The van der Waals surface area contributed by atoms with Crippen molar-refractivity contribution in [2.75, 3.05) is 5.32 Å². The van der Waals surface area contributed by atoms with Crippen LogP contribution in [-0.2, 0) is 0 Å². The zero-order valence-corrected chi connectivity index (χ0v) is 12.4. The molecule has 0 saturated carbocycles. The van der Waals surface area contributed by atoms with E-state index in [4.69, 9.17) is 0 Å². The average molecular weight is 358 g/mol. The van der Waals surface area contributed by atoms with Crippen LogP contribution in [0.25, 0.3) is 0 Å². The predicted molar refractivity (Wildman–Crippen MR) is 78.7 cm³/mol. The second-order valence-corrected chi connectivity index (χ2v) is 6.57. The summed E-state index contributed by atoms with van der Waals surface area (Å²) >= 11 is 3.75. The van der Waals surface area contributed by atoms with E-state index < -0.39 is 0 Å². The largest absolute Gasteiger partial charge is 0.307 e. The lowest BCUT2D eigenvalue weighted by atomic mass is 10.2. The molecule has 0 saturated heterocycles. The highest BCUT2D eigenvalue weighted by molar-refractivity contribution is 14.1. The van der Waals surface area contributed by atoms with E-state index in [1.165, 1.54) is 0 Å². The summed E-state index contributed by atoms with van der Waals surface area (Å²) < 4.78 is 1.10. The van der Waals surface area contributed by atoms with E-state index in [0.29, 0.717) is 11.4 Å². The van der Waals surface area contributed by atoms with Gasteiger partial charge in [-0.1, -0.05) is 0 Å². The number of nitrogens with one attached hydrogen (secondary N) is 1. The highest BCUT2D eigenvalue weighted by Crippen LogP contribution is 2.18. The van der Waals surface area contributed by atoms with Crippen LogP contribution in [0.1, 0.15) is 21.6 Å². The first-order chi connectivity index (χ1) is 8.04. The van der Waals surface area contributed by atoms with Crippen molar-refractivity contribution in [3.05, 3.63) is 43.3 Å². The number of nitrogens with zero attached hydrogens (tertiary/aromatic N) is 1. The number of pyridine rings is 1. The monoisotopic (exact) mass is 358 g/mol. The average Bonchev–Trinajstić information content (AvgIpc) is 2.63. The van der Waals surface area contributed by atoms with Crippen LogP contribution in [-0.4, -0.2) is 10.9 Å². The molecule has 2 aromatic heterocycles. The number of halogens is 1. The molecule has 5 heteroatoms. The van der Waals surface area contributed by atoms with Crippen molar-refractivity contribution in [3.8, 4) is 0 Å². The van der Waals surface area contributed by atoms with E-state index in [2.05, 4.69) is 32.9 Å². The Bertz CT molecular complexity index is 545. The molecule has 0 aliphatic carbocycles. The third kappa shape index (κ3) is 3.26. The van der Waals surface area contributed by atoms with Crippen LogP contribution < -0.4 is 5.32 Å². The van der Waals surface area contributed by atoms with Crippen LogP contribution in [0.4, 0.5) is 5.82 Å². The van der Waals surface area contributed by atoms with Crippen molar-refractivity contribution in [2.45, 2.75) is 13.8 Å². The molecular formula is C12H11IN2OS. The van der Waals surface area contributed by atoms with Gasteiger partial charge in [0.15, 0.2) is 0 Å². The maximum atomic E-state index is 11.9. The van der Waals surface area contributed by atoms with Crippen LogP contribution in [0.15, 0.2) is 23.6 Å². The van der Waals surface area contributed by atoms with Gasteiger partial charge in [-0.15, -0.1) is 11.3 Å². The predicted octanol–water partition coefficient (Wildman–Crippen LogP) is 3.62. The van der Waals surface area contributed by atoms with Crippen LogP contribution in [0.5, 0.6) is 0 Å². The van der Waals surface area contributed by atoms with E-state index in [-0.39, 0.29) is 5.91 Å². The number of anilines is 1. The molecule has 88 valence electrons. The first-order valence-corrected chi connectivity index (χ1v) is 7.01. The first kappa shape index (κ1) is 12.5. The summed E-state index contributed by atoms with van der Waals surface area (Å²) in [7, 11) is 0. The molecule has 1 amide bonds. The Kier molecular flexibility index (Phi) is 3.78. The SMILES string of the molecule is Cc1cc(C)nc(NC(=O)c2csc(I)c2)c1. The minimum absolute atomic E-state index is 0.110. The summed E-state index contributed by atoms with van der Waals surface area (Å²) in [6, 6.07) is 5.70. The number of carbonyl (C=O) groups is 1.